The van der Waals surface area contributed by atoms with Gasteiger partial charge in [-0.25, -0.2) is 4.79 Å². The van der Waals surface area contributed by atoms with Crippen LogP contribution in [0.2, 0.25) is 0 Å². The fourth-order valence-electron chi connectivity index (χ4n) is 1.83. The summed E-state index contributed by atoms with van der Waals surface area (Å²) in [5, 5.41) is 4.09. The maximum Gasteiger partial charge on any atom is 0.437 e. The summed E-state index contributed by atoms with van der Waals surface area (Å²) in [7, 11) is 4.55. The zero-order chi connectivity index (χ0) is 14.7. The first-order chi connectivity index (χ1) is 9.64. The molecule has 2 rings (SSSR count). The molecule has 7 nitrogen and oxygen atoms in total. The molecule has 0 fully saturated rings. The molecule has 20 heavy (non-hydrogen) atoms. The van der Waals surface area contributed by atoms with E-state index in [1.807, 2.05) is 6.92 Å². The summed E-state index contributed by atoms with van der Waals surface area (Å²) in [6.07, 6.45) is 0. The summed E-state index contributed by atoms with van der Waals surface area (Å²) < 4.78 is 22.1. The molecule has 1 aromatic carbocycles. The molecule has 2 aromatic rings. The second-order valence-corrected chi connectivity index (χ2v) is 3.90. The first kappa shape index (κ1) is 14.0. The molecule has 0 bridgehead atoms. The number of benzene rings is 1. The van der Waals surface area contributed by atoms with Gasteiger partial charge in [-0.2, -0.15) is 4.68 Å². The Bertz CT molecular complexity index is 634. The van der Waals surface area contributed by atoms with E-state index in [-0.39, 0.29) is 5.89 Å². The summed E-state index contributed by atoms with van der Waals surface area (Å²) >= 11 is 0. The van der Waals surface area contributed by atoms with Crippen LogP contribution in [0.15, 0.2) is 21.3 Å². The summed E-state index contributed by atoms with van der Waals surface area (Å²) in [5.74, 6) is 1.11. The molecule has 0 aliphatic heterocycles. The van der Waals surface area contributed by atoms with E-state index >= 15 is 0 Å². The van der Waals surface area contributed by atoms with Crippen molar-refractivity contribution in [1.82, 2.24) is 9.78 Å². The number of aromatic nitrogens is 2. The zero-order valence-corrected chi connectivity index (χ0v) is 11.8. The van der Waals surface area contributed by atoms with Gasteiger partial charge in [0.2, 0.25) is 11.6 Å². The lowest BCUT2D eigenvalue weighted by atomic mass is 10.2. The van der Waals surface area contributed by atoms with E-state index in [2.05, 4.69) is 5.10 Å². The van der Waals surface area contributed by atoms with E-state index in [1.54, 1.807) is 12.1 Å². The Morgan fingerprint density at radius 3 is 2.15 bits per heavy atom. The normalized spacial score (nSPS) is 10.4. The van der Waals surface area contributed by atoms with Gasteiger partial charge in [-0.15, -0.1) is 5.10 Å². The maximum atomic E-state index is 11.5. The highest BCUT2D eigenvalue weighted by Gasteiger charge is 2.17. The number of rotatable bonds is 5. The van der Waals surface area contributed by atoms with Gasteiger partial charge >= 0.3 is 5.76 Å². The standard InChI is InChI=1S/C13H16N2O5/c1-5-15-13(16)20-12(14-15)8-6-9(17-2)11(19-4)10(7-8)18-3/h6-7H,5H2,1-4H3. The average Bonchev–Trinajstić information content (AvgIpc) is 2.86. The SMILES string of the molecule is CCn1nc(-c2cc(OC)c(OC)c(OC)c2)oc1=O. The van der Waals surface area contributed by atoms with Crippen molar-refractivity contribution in [2.45, 2.75) is 13.5 Å². The van der Waals surface area contributed by atoms with Crippen LogP contribution in [0.3, 0.4) is 0 Å². The highest BCUT2D eigenvalue weighted by atomic mass is 16.5. The van der Waals surface area contributed by atoms with Crippen LogP contribution in [0.4, 0.5) is 0 Å². The molecule has 0 spiro atoms. The molecule has 0 saturated carbocycles. The number of nitrogens with zero attached hydrogens (tertiary/aromatic N) is 2. The van der Waals surface area contributed by atoms with Crippen molar-refractivity contribution in [2.24, 2.45) is 0 Å². The fraction of sp³-hybridized carbons (Fsp3) is 0.385. The fourth-order valence-corrected chi connectivity index (χ4v) is 1.83. The lowest BCUT2D eigenvalue weighted by molar-refractivity contribution is 0.324. The molecular weight excluding hydrogens is 264 g/mol. The van der Waals surface area contributed by atoms with Gasteiger partial charge in [0, 0.05) is 12.1 Å². The Morgan fingerprint density at radius 2 is 1.75 bits per heavy atom. The van der Waals surface area contributed by atoms with Crippen molar-refractivity contribution >= 4 is 0 Å². The van der Waals surface area contributed by atoms with Gasteiger partial charge in [0.15, 0.2) is 11.5 Å². The Balaban J connectivity index is 2.59. The van der Waals surface area contributed by atoms with Crippen LogP contribution in [-0.4, -0.2) is 31.1 Å². The van der Waals surface area contributed by atoms with Crippen LogP contribution in [0.5, 0.6) is 17.2 Å². The summed E-state index contributed by atoms with van der Waals surface area (Å²) in [5.41, 5.74) is 0.573. The minimum absolute atomic E-state index is 0.205. The van der Waals surface area contributed by atoms with E-state index in [1.165, 1.54) is 26.0 Å². The molecule has 0 N–H and O–H groups in total. The van der Waals surface area contributed by atoms with E-state index in [4.69, 9.17) is 18.6 Å². The van der Waals surface area contributed by atoms with Crippen molar-refractivity contribution in [3.63, 3.8) is 0 Å². The topological polar surface area (TPSA) is 75.7 Å². The minimum Gasteiger partial charge on any atom is -0.493 e. The van der Waals surface area contributed by atoms with Gasteiger partial charge in [-0.3, -0.25) is 0 Å². The molecular formula is C13H16N2O5. The largest absolute Gasteiger partial charge is 0.493 e. The van der Waals surface area contributed by atoms with Crippen molar-refractivity contribution in [1.29, 1.82) is 0 Å². The van der Waals surface area contributed by atoms with Gasteiger partial charge < -0.3 is 18.6 Å². The quantitative estimate of drug-likeness (QED) is 0.827. The van der Waals surface area contributed by atoms with E-state index in [9.17, 15) is 4.79 Å². The monoisotopic (exact) mass is 280 g/mol. The van der Waals surface area contributed by atoms with Crippen LogP contribution in [0, 0.1) is 0 Å². The van der Waals surface area contributed by atoms with E-state index in [0.29, 0.717) is 29.4 Å². The molecule has 7 heteroatoms. The van der Waals surface area contributed by atoms with Gasteiger partial charge in [0.05, 0.1) is 21.3 Å². The molecule has 0 saturated heterocycles. The first-order valence-electron chi connectivity index (χ1n) is 6.02. The minimum atomic E-state index is -0.503. The number of ether oxygens (including phenoxy) is 3. The van der Waals surface area contributed by atoms with Gasteiger partial charge in [0.1, 0.15) is 0 Å². The Labute approximate surface area is 115 Å². The summed E-state index contributed by atoms with van der Waals surface area (Å²) in [6.45, 7) is 2.25. The molecule has 1 heterocycles. The van der Waals surface area contributed by atoms with Gasteiger partial charge in [-0.1, -0.05) is 0 Å². The summed E-state index contributed by atoms with van der Waals surface area (Å²) in [4.78, 5) is 11.5. The second kappa shape index (κ2) is 5.68. The van der Waals surface area contributed by atoms with Gasteiger partial charge in [-0.05, 0) is 19.1 Å². The lowest BCUT2D eigenvalue weighted by Crippen LogP contribution is -2.13. The third kappa shape index (κ3) is 2.34. The number of hydrogen-bond donors (Lipinski definition) is 0. The van der Waals surface area contributed by atoms with Gasteiger partial charge in [0.25, 0.3) is 0 Å². The Hall–Kier alpha value is -2.44. The number of hydrogen-bond acceptors (Lipinski definition) is 6. The first-order valence-corrected chi connectivity index (χ1v) is 6.02. The molecule has 0 amide bonds. The van der Waals surface area contributed by atoms with Crippen LogP contribution >= 0.6 is 0 Å². The highest BCUT2D eigenvalue weighted by Crippen LogP contribution is 2.40. The average molecular weight is 280 g/mol. The van der Waals surface area contributed by atoms with Crippen molar-refractivity contribution in [3.8, 4) is 28.7 Å². The van der Waals surface area contributed by atoms with Crippen LogP contribution < -0.4 is 20.0 Å². The van der Waals surface area contributed by atoms with Crippen molar-refractivity contribution in [2.75, 3.05) is 21.3 Å². The molecule has 108 valence electrons. The van der Waals surface area contributed by atoms with Crippen molar-refractivity contribution in [3.05, 3.63) is 22.7 Å². The second-order valence-electron chi connectivity index (χ2n) is 3.90. The van der Waals surface area contributed by atoms with Crippen LogP contribution in [0.1, 0.15) is 6.92 Å². The molecule has 0 aliphatic rings. The third-order valence-electron chi connectivity index (χ3n) is 2.82. The van der Waals surface area contributed by atoms with Crippen molar-refractivity contribution < 1.29 is 18.6 Å². The maximum absolute atomic E-state index is 11.5. The number of methoxy groups -OCH3 is 3. The third-order valence-corrected chi connectivity index (χ3v) is 2.82. The van der Waals surface area contributed by atoms with E-state index in [0.717, 1.165) is 0 Å². The zero-order valence-electron chi connectivity index (χ0n) is 11.8. The predicted molar refractivity (Wildman–Crippen MR) is 71.5 cm³/mol. The highest BCUT2D eigenvalue weighted by molar-refractivity contribution is 5.65. The predicted octanol–water partition coefficient (Wildman–Crippen LogP) is 1.55. The van der Waals surface area contributed by atoms with Crippen LogP contribution in [-0.2, 0) is 6.54 Å². The summed E-state index contributed by atoms with van der Waals surface area (Å²) in [6, 6.07) is 3.35. The Morgan fingerprint density at radius 1 is 1.15 bits per heavy atom. The smallest absolute Gasteiger partial charge is 0.437 e. The molecule has 0 unspecified atom stereocenters. The molecule has 0 radical (unpaired) electrons. The van der Waals surface area contributed by atoms with E-state index < -0.39 is 5.76 Å². The molecule has 0 aliphatic carbocycles. The Kier molecular flexibility index (Phi) is 3.97. The molecule has 1 aromatic heterocycles. The van der Waals surface area contributed by atoms with Crippen LogP contribution in [0.25, 0.3) is 11.5 Å². The number of aryl methyl sites for hydroxylation is 1. The molecule has 0 atom stereocenters. The lowest BCUT2D eigenvalue weighted by Gasteiger charge is -2.12.